The van der Waals surface area contributed by atoms with Gasteiger partial charge < -0.3 is 5.32 Å². The molecule has 14 heavy (non-hydrogen) atoms. The molecule has 0 radical (unpaired) electrons. The second kappa shape index (κ2) is 6.20. The Morgan fingerprint density at radius 1 is 1.36 bits per heavy atom. The molecule has 1 rings (SSSR count). The first-order chi connectivity index (χ1) is 6.77. The number of rotatable bonds is 6. The van der Waals surface area contributed by atoms with Gasteiger partial charge in [0.25, 0.3) is 0 Å². The van der Waals surface area contributed by atoms with Crippen molar-refractivity contribution in [2.45, 2.75) is 46.2 Å². The van der Waals surface area contributed by atoms with Crippen molar-refractivity contribution >= 4 is 11.3 Å². The Hall–Kier alpha value is -0.340. The molecule has 1 N–H and O–H groups in total. The smallest absolute Gasteiger partial charge is 0.0216 e. The normalized spacial score (nSPS) is 13.4. The highest BCUT2D eigenvalue weighted by molar-refractivity contribution is 7.07. The van der Waals surface area contributed by atoms with E-state index in [1.807, 2.05) is 0 Å². The molecule has 0 bridgehead atoms. The van der Waals surface area contributed by atoms with Gasteiger partial charge in [0, 0.05) is 12.6 Å². The van der Waals surface area contributed by atoms with Crippen molar-refractivity contribution in [3.63, 3.8) is 0 Å². The number of hydrogen-bond acceptors (Lipinski definition) is 2. The fraction of sp³-hybridized carbons (Fsp3) is 0.667. The monoisotopic (exact) mass is 211 g/mol. The van der Waals surface area contributed by atoms with E-state index in [1.165, 1.54) is 18.4 Å². The molecule has 0 aromatic carbocycles. The topological polar surface area (TPSA) is 12.0 Å². The van der Waals surface area contributed by atoms with E-state index in [2.05, 4.69) is 42.9 Å². The van der Waals surface area contributed by atoms with Crippen LogP contribution in [0.4, 0.5) is 0 Å². The Kier molecular flexibility index (Phi) is 5.20. The van der Waals surface area contributed by atoms with Crippen LogP contribution in [0.5, 0.6) is 0 Å². The molecule has 0 aliphatic heterocycles. The van der Waals surface area contributed by atoms with Gasteiger partial charge >= 0.3 is 0 Å². The van der Waals surface area contributed by atoms with Gasteiger partial charge in [0.15, 0.2) is 0 Å². The van der Waals surface area contributed by atoms with Crippen LogP contribution in [-0.2, 0) is 6.54 Å². The summed E-state index contributed by atoms with van der Waals surface area (Å²) < 4.78 is 0. The van der Waals surface area contributed by atoms with Crippen molar-refractivity contribution in [3.8, 4) is 0 Å². The summed E-state index contributed by atoms with van der Waals surface area (Å²) in [6.07, 6.45) is 2.54. The lowest BCUT2D eigenvalue weighted by Crippen LogP contribution is -2.32. The van der Waals surface area contributed by atoms with E-state index in [0.717, 1.165) is 12.5 Å². The third-order valence-corrected chi connectivity index (χ3v) is 3.70. The van der Waals surface area contributed by atoms with Gasteiger partial charge in [-0.25, -0.2) is 0 Å². The van der Waals surface area contributed by atoms with Gasteiger partial charge in [-0.1, -0.05) is 26.7 Å². The Balaban J connectivity index is 2.30. The van der Waals surface area contributed by atoms with Crippen molar-refractivity contribution < 1.29 is 0 Å². The molecule has 0 spiro atoms. The molecule has 0 saturated carbocycles. The lowest BCUT2D eigenvalue weighted by Gasteiger charge is -2.22. The van der Waals surface area contributed by atoms with Crippen LogP contribution in [0, 0.1) is 5.92 Å². The Labute approximate surface area is 91.5 Å². The largest absolute Gasteiger partial charge is 0.310 e. The molecular weight excluding hydrogens is 190 g/mol. The zero-order valence-electron chi connectivity index (χ0n) is 9.42. The fourth-order valence-corrected chi connectivity index (χ4v) is 2.50. The number of thiophene rings is 1. The van der Waals surface area contributed by atoms with Crippen molar-refractivity contribution in [2.24, 2.45) is 5.92 Å². The van der Waals surface area contributed by atoms with Crippen molar-refractivity contribution in [1.82, 2.24) is 5.32 Å². The second-order valence-corrected chi connectivity index (χ2v) is 4.66. The van der Waals surface area contributed by atoms with E-state index < -0.39 is 0 Å². The lowest BCUT2D eigenvalue weighted by molar-refractivity contribution is 0.353. The maximum absolute atomic E-state index is 3.59. The van der Waals surface area contributed by atoms with Crippen LogP contribution in [0.3, 0.4) is 0 Å². The van der Waals surface area contributed by atoms with Gasteiger partial charge in [-0.3, -0.25) is 0 Å². The van der Waals surface area contributed by atoms with Crippen LogP contribution in [0.15, 0.2) is 16.8 Å². The predicted molar refractivity (Wildman–Crippen MR) is 64.7 cm³/mol. The van der Waals surface area contributed by atoms with Crippen molar-refractivity contribution in [3.05, 3.63) is 22.4 Å². The third kappa shape index (κ3) is 3.43. The van der Waals surface area contributed by atoms with E-state index in [9.17, 15) is 0 Å². The first-order valence-electron chi connectivity index (χ1n) is 5.52. The van der Waals surface area contributed by atoms with Gasteiger partial charge in [-0.05, 0) is 35.2 Å². The van der Waals surface area contributed by atoms with E-state index in [0.29, 0.717) is 6.04 Å². The summed E-state index contributed by atoms with van der Waals surface area (Å²) in [6, 6.07) is 2.82. The van der Waals surface area contributed by atoms with Gasteiger partial charge in [-0.15, -0.1) is 0 Å². The Morgan fingerprint density at radius 2 is 2.07 bits per heavy atom. The highest BCUT2D eigenvalue weighted by atomic mass is 32.1. The Morgan fingerprint density at radius 3 is 2.57 bits per heavy atom. The van der Waals surface area contributed by atoms with Crippen LogP contribution >= 0.6 is 11.3 Å². The molecule has 80 valence electrons. The molecule has 1 atom stereocenters. The summed E-state index contributed by atoms with van der Waals surface area (Å²) in [5, 5.41) is 7.95. The zero-order valence-corrected chi connectivity index (χ0v) is 10.2. The van der Waals surface area contributed by atoms with Crippen LogP contribution in [0.1, 0.15) is 39.2 Å². The molecule has 0 aliphatic carbocycles. The van der Waals surface area contributed by atoms with E-state index >= 15 is 0 Å². The minimum absolute atomic E-state index is 0.630. The molecule has 1 aromatic heterocycles. The summed E-state index contributed by atoms with van der Waals surface area (Å²) in [5.74, 6) is 0.814. The van der Waals surface area contributed by atoms with E-state index in [1.54, 1.807) is 11.3 Å². The first-order valence-corrected chi connectivity index (χ1v) is 6.46. The molecule has 0 aliphatic rings. The maximum Gasteiger partial charge on any atom is 0.0216 e. The average molecular weight is 211 g/mol. The standard InChI is InChI=1S/C12H21NS/c1-4-12(5-2)10(3)13-8-11-6-7-14-9-11/h6-7,9-10,12-13H,4-5,8H2,1-3H3. The van der Waals surface area contributed by atoms with Crippen LogP contribution in [0.25, 0.3) is 0 Å². The predicted octanol–water partition coefficient (Wildman–Crippen LogP) is 3.66. The van der Waals surface area contributed by atoms with Gasteiger partial charge in [0.2, 0.25) is 0 Å². The SMILES string of the molecule is CCC(CC)C(C)NCc1ccsc1. The van der Waals surface area contributed by atoms with Crippen LogP contribution in [-0.4, -0.2) is 6.04 Å². The number of hydrogen-bond donors (Lipinski definition) is 1. The van der Waals surface area contributed by atoms with Gasteiger partial charge in [0.1, 0.15) is 0 Å². The average Bonchev–Trinajstić information content (AvgIpc) is 2.69. The third-order valence-electron chi connectivity index (χ3n) is 2.96. The molecule has 1 unspecified atom stereocenters. The molecule has 2 heteroatoms. The molecular formula is C12H21NS. The minimum Gasteiger partial charge on any atom is -0.310 e. The Bertz CT molecular complexity index is 226. The van der Waals surface area contributed by atoms with Crippen LogP contribution in [0.2, 0.25) is 0 Å². The summed E-state index contributed by atoms with van der Waals surface area (Å²) >= 11 is 1.77. The molecule has 1 heterocycles. The molecule has 1 aromatic rings. The highest BCUT2D eigenvalue weighted by Gasteiger charge is 2.12. The summed E-state index contributed by atoms with van der Waals surface area (Å²) in [5.41, 5.74) is 1.41. The first kappa shape index (κ1) is 11.7. The van der Waals surface area contributed by atoms with E-state index in [-0.39, 0.29) is 0 Å². The number of nitrogens with one attached hydrogen (secondary N) is 1. The molecule has 0 saturated heterocycles. The lowest BCUT2D eigenvalue weighted by atomic mass is 9.95. The van der Waals surface area contributed by atoms with E-state index in [4.69, 9.17) is 0 Å². The van der Waals surface area contributed by atoms with Gasteiger partial charge in [-0.2, -0.15) is 11.3 Å². The fourth-order valence-electron chi connectivity index (χ4n) is 1.83. The van der Waals surface area contributed by atoms with Gasteiger partial charge in [0.05, 0.1) is 0 Å². The highest BCUT2D eigenvalue weighted by Crippen LogP contribution is 2.13. The summed E-state index contributed by atoms with van der Waals surface area (Å²) in [6.45, 7) is 7.86. The second-order valence-electron chi connectivity index (χ2n) is 3.88. The van der Waals surface area contributed by atoms with Crippen LogP contribution < -0.4 is 5.32 Å². The van der Waals surface area contributed by atoms with Crippen molar-refractivity contribution in [2.75, 3.05) is 0 Å². The van der Waals surface area contributed by atoms with Crippen molar-refractivity contribution in [1.29, 1.82) is 0 Å². The summed E-state index contributed by atoms with van der Waals surface area (Å²) in [4.78, 5) is 0. The molecule has 1 nitrogen and oxygen atoms in total. The summed E-state index contributed by atoms with van der Waals surface area (Å²) in [7, 11) is 0. The zero-order chi connectivity index (χ0) is 10.4. The maximum atomic E-state index is 3.59. The quantitative estimate of drug-likeness (QED) is 0.757. The molecule has 0 fully saturated rings. The molecule has 0 amide bonds. The minimum atomic E-state index is 0.630.